The van der Waals surface area contributed by atoms with Gasteiger partial charge in [0.05, 0.1) is 11.8 Å². The Balaban J connectivity index is 0.000000341. The third-order valence-electron chi connectivity index (χ3n) is 2.91. The van der Waals surface area contributed by atoms with E-state index in [2.05, 4.69) is 19.1 Å². The van der Waals surface area contributed by atoms with Gasteiger partial charge in [0.15, 0.2) is 10.2 Å². The molecule has 24 heavy (non-hydrogen) atoms. The van der Waals surface area contributed by atoms with E-state index in [4.69, 9.17) is 0 Å². The Kier molecular flexibility index (Phi) is 9.96. The summed E-state index contributed by atoms with van der Waals surface area (Å²) in [7, 11) is 0. The molecular formula is C19H23NO2S2. The molecule has 0 aliphatic heterocycles. The fourth-order valence-corrected chi connectivity index (χ4v) is 2.97. The SMILES string of the molecule is CC(=O)SCN(CSC(C)=O)c1ccccc1.Cc1ccccc1. The van der Waals surface area contributed by atoms with Gasteiger partial charge in [-0.05, 0) is 19.1 Å². The summed E-state index contributed by atoms with van der Waals surface area (Å²) in [5, 5.41) is 0.164. The molecular weight excluding hydrogens is 338 g/mol. The lowest BCUT2D eigenvalue weighted by Crippen LogP contribution is -2.23. The van der Waals surface area contributed by atoms with E-state index in [1.165, 1.54) is 29.1 Å². The molecule has 0 N–H and O–H groups in total. The van der Waals surface area contributed by atoms with Crippen LogP contribution in [0.2, 0.25) is 0 Å². The van der Waals surface area contributed by atoms with Crippen molar-refractivity contribution in [3.05, 3.63) is 66.2 Å². The van der Waals surface area contributed by atoms with Gasteiger partial charge >= 0.3 is 0 Å². The van der Waals surface area contributed by atoms with Gasteiger partial charge in [-0.15, -0.1) is 0 Å². The Morgan fingerprint density at radius 2 is 1.21 bits per heavy atom. The van der Waals surface area contributed by atoms with Crippen LogP contribution in [0.3, 0.4) is 0 Å². The smallest absolute Gasteiger partial charge is 0.187 e. The van der Waals surface area contributed by atoms with Gasteiger partial charge in [0.2, 0.25) is 0 Å². The van der Waals surface area contributed by atoms with E-state index < -0.39 is 0 Å². The number of thioether (sulfide) groups is 2. The summed E-state index contributed by atoms with van der Waals surface area (Å²) in [6.07, 6.45) is 0. The molecule has 0 unspecified atom stereocenters. The Bertz CT molecular complexity index is 600. The number of aryl methyl sites for hydroxylation is 1. The normalized spacial score (nSPS) is 9.62. The van der Waals surface area contributed by atoms with Crippen molar-refractivity contribution >= 4 is 39.4 Å². The summed E-state index contributed by atoms with van der Waals surface area (Å²) in [5.41, 5.74) is 2.34. The van der Waals surface area contributed by atoms with Gasteiger partial charge in [0.1, 0.15) is 0 Å². The average molecular weight is 362 g/mol. The monoisotopic (exact) mass is 361 g/mol. The van der Waals surface area contributed by atoms with E-state index in [9.17, 15) is 9.59 Å². The van der Waals surface area contributed by atoms with Gasteiger partial charge in [-0.1, -0.05) is 77.6 Å². The standard InChI is InChI=1S/C12H15NO2S2.C7H8/c1-10(14)16-8-13(9-17-11(2)15)12-6-4-3-5-7-12;1-7-5-3-2-4-6-7/h3-7H,8-9H2,1-2H3;2-6H,1H3. The minimum absolute atomic E-state index is 0.0822. The van der Waals surface area contributed by atoms with Crippen molar-refractivity contribution < 1.29 is 9.59 Å². The van der Waals surface area contributed by atoms with E-state index in [0.29, 0.717) is 11.8 Å². The van der Waals surface area contributed by atoms with Crippen LogP contribution in [0.1, 0.15) is 19.4 Å². The minimum Gasteiger partial charge on any atom is -0.352 e. The minimum atomic E-state index is 0.0822. The van der Waals surface area contributed by atoms with Gasteiger partial charge < -0.3 is 4.90 Å². The number of carbonyl (C=O) groups excluding carboxylic acids is 2. The lowest BCUT2D eigenvalue weighted by molar-refractivity contribution is -0.109. The summed E-state index contributed by atoms with van der Waals surface area (Å²) >= 11 is 2.50. The van der Waals surface area contributed by atoms with Crippen LogP contribution in [0, 0.1) is 6.92 Å². The van der Waals surface area contributed by atoms with Gasteiger partial charge in [0, 0.05) is 19.5 Å². The number of anilines is 1. The molecule has 0 amide bonds. The highest BCUT2D eigenvalue weighted by molar-refractivity contribution is 8.14. The van der Waals surface area contributed by atoms with E-state index in [0.717, 1.165) is 5.69 Å². The van der Waals surface area contributed by atoms with Crippen molar-refractivity contribution in [2.75, 3.05) is 16.7 Å². The van der Waals surface area contributed by atoms with Gasteiger partial charge in [-0.3, -0.25) is 9.59 Å². The maximum absolute atomic E-state index is 11.0. The predicted molar refractivity (Wildman–Crippen MR) is 106 cm³/mol. The molecule has 128 valence electrons. The van der Waals surface area contributed by atoms with Crippen LogP contribution in [0.15, 0.2) is 60.7 Å². The van der Waals surface area contributed by atoms with Gasteiger partial charge in [-0.2, -0.15) is 0 Å². The molecule has 0 radical (unpaired) electrons. The zero-order valence-corrected chi connectivity index (χ0v) is 15.9. The van der Waals surface area contributed by atoms with Crippen molar-refractivity contribution in [1.82, 2.24) is 0 Å². The second-order valence-corrected chi connectivity index (χ2v) is 7.30. The lowest BCUT2D eigenvalue weighted by Gasteiger charge is -2.22. The Morgan fingerprint density at radius 1 is 0.792 bits per heavy atom. The zero-order valence-electron chi connectivity index (χ0n) is 14.3. The first-order valence-corrected chi connectivity index (χ1v) is 9.54. The van der Waals surface area contributed by atoms with E-state index in [1.54, 1.807) is 13.8 Å². The molecule has 5 heteroatoms. The molecule has 0 fully saturated rings. The highest BCUT2D eigenvalue weighted by Crippen LogP contribution is 2.20. The van der Waals surface area contributed by atoms with Crippen molar-refractivity contribution in [1.29, 1.82) is 0 Å². The number of carbonyl (C=O) groups is 2. The van der Waals surface area contributed by atoms with Crippen LogP contribution in [0.25, 0.3) is 0 Å². The summed E-state index contributed by atoms with van der Waals surface area (Å²) in [5.74, 6) is 1.14. The number of rotatable bonds is 5. The third kappa shape index (κ3) is 9.43. The molecule has 3 nitrogen and oxygen atoms in total. The van der Waals surface area contributed by atoms with Crippen molar-refractivity contribution in [2.24, 2.45) is 0 Å². The summed E-state index contributed by atoms with van der Waals surface area (Å²) in [4.78, 5) is 24.0. The number of hydrogen-bond donors (Lipinski definition) is 0. The van der Waals surface area contributed by atoms with Crippen molar-refractivity contribution in [3.63, 3.8) is 0 Å². The molecule has 0 atom stereocenters. The van der Waals surface area contributed by atoms with Crippen LogP contribution in [-0.4, -0.2) is 22.0 Å². The highest BCUT2D eigenvalue weighted by atomic mass is 32.2. The molecule has 0 heterocycles. The zero-order chi connectivity index (χ0) is 17.8. The molecule has 2 rings (SSSR count). The van der Waals surface area contributed by atoms with Crippen molar-refractivity contribution in [3.8, 4) is 0 Å². The van der Waals surface area contributed by atoms with Crippen molar-refractivity contribution in [2.45, 2.75) is 20.8 Å². The lowest BCUT2D eigenvalue weighted by atomic mass is 10.2. The molecule has 2 aromatic rings. The molecule has 0 aromatic heterocycles. The first-order chi connectivity index (χ1) is 11.5. The van der Waals surface area contributed by atoms with Crippen LogP contribution >= 0.6 is 23.5 Å². The number of para-hydroxylation sites is 1. The van der Waals surface area contributed by atoms with Gasteiger partial charge in [0.25, 0.3) is 0 Å². The number of nitrogens with zero attached hydrogens (tertiary/aromatic N) is 1. The summed E-state index contributed by atoms with van der Waals surface area (Å²) < 4.78 is 0. The van der Waals surface area contributed by atoms with Crippen LogP contribution in [0.4, 0.5) is 5.69 Å². The fraction of sp³-hybridized carbons (Fsp3) is 0.263. The summed E-state index contributed by atoms with van der Waals surface area (Å²) in [6.45, 7) is 5.18. The third-order valence-corrected chi connectivity index (χ3v) is 4.60. The maximum Gasteiger partial charge on any atom is 0.187 e. The second kappa shape index (κ2) is 11.8. The fourth-order valence-electron chi connectivity index (χ4n) is 1.70. The molecule has 0 saturated carbocycles. The Hall–Kier alpha value is -1.72. The molecule has 0 aliphatic rings. The van der Waals surface area contributed by atoms with Crippen LogP contribution < -0.4 is 4.90 Å². The predicted octanol–water partition coefficient (Wildman–Crippen LogP) is 4.96. The molecule has 2 aromatic carbocycles. The van der Waals surface area contributed by atoms with Gasteiger partial charge in [-0.25, -0.2) is 0 Å². The summed E-state index contributed by atoms with van der Waals surface area (Å²) in [6, 6.07) is 20.0. The first kappa shape index (κ1) is 20.3. The van der Waals surface area contributed by atoms with Crippen LogP contribution in [0.5, 0.6) is 0 Å². The molecule has 0 aliphatic carbocycles. The highest BCUT2D eigenvalue weighted by Gasteiger charge is 2.08. The van der Waals surface area contributed by atoms with E-state index >= 15 is 0 Å². The molecule has 0 bridgehead atoms. The Labute approximate surface area is 152 Å². The van der Waals surface area contributed by atoms with Crippen LogP contribution in [-0.2, 0) is 9.59 Å². The maximum atomic E-state index is 11.0. The molecule has 0 saturated heterocycles. The Morgan fingerprint density at radius 3 is 1.54 bits per heavy atom. The van der Waals surface area contributed by atoms with E-state index in [-0.39, 0.29) is 10.2 Å². The second-order valence-electron chi connectivity index (χ2n) is 5.06. The number of hydrogen-bond acceptors (Lipinski definition) is 5. The topological polar surface area (TPSA) is 37.4 Å². The number of benzene rings is 2. The first-order valence-electron chi connectivity index (χ1n) is 7.57. The average Bonchev–Trinajstić information content (AvgIpc) is 2.56. The largest absolute Gasteiger partial charge is 0.352 e. The van der Waals surface area contributed by atoms with E-state index in [1.807, 2.05) is 53.4 Å². The molecule has 0 spiro atoms. The quantitative estimate of drug-likeness (QED) is 0.704.